The van der Waals surface area contributed by atoms with E-state index in [4.69, 9.17) is 0 Å². The van der Waals surface area contributed by atoms with Crippen LogP contribution in [-0.2, 0) is 6.54 Å². The summed E-state index contributed by atoms with van der Waals surface area (Å²) in [6.07, 6.45) is 0. The van der Waals surface area contributed by atoms with Gasteiger partial charge >= 0.3 is 6.61 Å². The predicted molar refractivity (Wildman–Crippen MR) is 63.3 cm³/mol. The molecule has 0 aliphatic carbocycles. The first-order chi connectivity index (χ1) is 8.08. The highest BCUT2D eigenvalue weighted by molar-refractivity contribution is 5.27. The zero-order valence-corrected chi connectivity index (χ0v) is 10.1. The Bertz CT molecular complexity index is 315. The van der Waals surface area contributed by atoms with E-state index in [2.05, 4.69) is 15.0 Å². The Balaban J connectivity index is 2.30. The summed E-state index contributed by atoms with van der Waals surface area (Å²) in [5.74, 6) is 0.192. The van der Waals surface area contributed by atoms with E-state index in [1.54, 1.807) is 24.3 Å². The average molecular weight is 244 g/mol. The second kappa shape index (κ2) is 7.19. The number of ether oxygens (including phenoxy) is 1. The maximum Gasteiger partial charge on any atom is 0.387 e. The monoisotopic (exact) mass is 244 g/mol. The lowest BCUT2D eigenvalue weighted by molar-refractivity contribution is -0.0498. The highest BCUT2D eigenvalue weighted by atomic mass is 19.3. The van der Waals surface area contributed by atoms with Gasteiger partial charge < -0.3 is 15.0 Å². The van der Waals surface area contributed by atoms with Crippen LogP contribution >= 0.6 is 0 Å². The molecule has 1 aromatic carbocycles. The second-order valence-electron chi connectivity index (χ2n) is 4.00. The molecule has 0 atom stereocenters. The number of nitrogens with one attached hydrogen (secondary N) is 1. The summed E-state index contributed by atoms with van der Waals surface area (Å²) in [5.41, 5.74) is 1.05. The van der Waals surface area contributed by atoms with Crippen LogP contribution in [0.2, 0.25) is 0 Å². The Kier molecular flexibility index (Phi) is 5.86. The van der Waals surface area contributed by atoms with Crippen molar-refractivity contribution in [2.24, 2.45) is 0 Å². The maximum atomic E-state index is 11.9. The van der Waals surface area contributed by atoms with Crippen molar-refractivity contribution in [3.8, 4) is 5.75 Å². The largest absolute Gasteiger partial charge is 0.435 e. The highest BCUT2D eigenvalue weighted by Crippen LogP contribution is 2.14. The van der Waals surface area contributed by atoms with Crippen molar-refractivity contribution in [3.63, 3.8) is 0 Å². The van der Waals surface area contributed by atoms with Crippen LogP contribution in [0.15, 0.2) is 24.3 Å². The molecule has 0 saturated heterocycles. The molecule has 0 amide bonds. The van der Waals surface area contributed by atoms with Crippen molar-refractivity contribution >= 4 is 0 Å². The van der Waals surface area contributed by atoms with Crippen molar-refractivity contribution in [2.75, 3.05) is 27.2 Å². The number of hydrogen-bond acceptors (Lipinski definition) is 3. The molecule has 0 unspecified atom stereocenters. The number of halogens is 2. The quantitative estimate of drug-likeness (QED) is 0.742. The first-order valence-electron chi connectivity index (χ1n) is 5.47. The molecule has 0 spiro atoms. The van der Waals surface area contributed by atoms with Gasteiger partial charge in [0, 0.05) is 19.6 Å². The smallest absolute Gasteiger partial charge is 0.387 e. The van der Waals surface area contributed by atoms with Gasteiger partial charge in [0.15, 0.2) is 0 Å². The van der Waals surface area contributed by atoms with E-state index in [1.807, 2.05) is 14.1 Å². The molecule has 1 rings (SSSR count). The number of rotatable bonds is 7. The van der Waals surface area contributed by atoms with E-state index in [-0.39, 0.29) is 5.75 Å². The summed E-state index contributed by atoms with van der Waals surface area (Å²) in [6.45, 7) is -0.184. The van der Waals surface area contributed by atoms with Crippen molar-refractivity contribution in [3.05, 3.63) is 29.8 Å². The van der Waals surface area contributed by atoms with Gasteiger partial charge in [-0.25, -0.2) is 0 Å². The van der Waals surface area contributed by atoms with Gasteiger partial charge in [0.2, 0.25) is 0 Å². The van der Waals surface area contributed by atoms with Crippen LogP contribution in [0.4, 0.5) is 8.78 Å². The van der Waals surface area contributed by atoms with Gasteiger partial charge in [-0.1, -0.05) is 12.1 Å². The summed E-state index contributed by atoms with van der Waals surface area (Å²) in [6, 6.07) is 6.66. The van der Waals surface area contributed by atoms with Gasteiger partial charge in [-0.3, -0.25) is 0 Å². The number of hydrogen-bond donors (Lipinski definition) is 1. The number of likely N-dealkylation sites (N-methyl/N-ethyl adjacent to an activating group) is 1. The minimum Gasteiger partial charge on any atom is -0.435 e. The lowest BCUT2D eigenvalue weighted by Gasteiger charge is -2.10. The molecule has 0 saturated carbocycles. The molecule has 0 heterocycles. The fourth-order valence-electron chi connectivity index (χ4n) is 1.32. The normalized spacial score (nSPS) is 11.2. The molecule has 0 aliphatic rings. The van der Waals surface area contributed by atoms with Crippen molar-refractivity contribution < 1.29 is 13.5 Å². The van der Waals surface area contributed by atoms with E-state index in [0.717, 1.165) is 25.2 Å². The second-order valence-corrected chi connectivity index (χ2v) is 4.00. The Morgan fingerprint density at radius 1 is 1.24 bits per heavy atom. The lowest BCUT2D eigenvalue weighted by Crippen LogP contribution is -2.26. The molecule has 0 aliphatic heterocycles. The fourth-order valence-corrected chi connectivity index (χ4v) is 1.32. The molecule has 3 nitrogen and oxygen atoms in total. The molecule has 17 heavy (non-hydrogen) atoms. The lowest BCUT2D eigenvalue weighted by atomic mass is 10.2. The Morgan fingerprint density at radius 3 is 2.41 bits per heavy atom. The SMILES string of the molecule is CN(C)CCNCc1ccc(OC(F)F)cc1. The third-order valence-electron chi connectivity index (χ3n) is 2.21. The molecule has 1 N–H and O–H groups in total. The number of benzene rings is 1. The standard InChI is InChI=1S/C12H18F2N2O/c1-16(2)8-7-15-9-10-3-5-11(6-4-10)17-12(13)14/h3-6,12,15H,7-9H2,1-2H3. The summed E-state index contributed by atoms with van der Waals surface area (Å²) >= 11 is 0. The fraction of sp³-hybridized carbons (Fsp3) is 0.500. The molecule has 5 heteroatoms. The Morgan fingerprint density at radius 2 is 1.88 bits per heavy atom. The molecule has 0 bridgehead atoms. The molecule has 1 aromatic rings. The van der Waals surface area contributed by atoms with Crippen molar-refractivity contribution in [1.82, 2.24) is 10.2 Å². The highest BCUT2D eigenvalue weighted by Gasteiger charge is 2.03. The minimum atomic E-state index is -2.76. The van der Waals surface area contributed by atoms with Gasteiger partial charge in [-0.2, -0.15) is 8.78 Å². The number of alkyl halides is 2. The van der Waals surface area contributed by atoms with Crippen molar-refractivity contribution in [2.45, 2.75) is 13.2 Å². The topological polar surface area (TPSA) is 24.5 Å². The van der Waals surface area contributed by atoms with E-state index in [9.17, 15) is 8.78 Å². The van der Waals surface area contributed by atoms with Gasteiger partial charge in [0.1, 0.15) is 5.75 Å². The van der Waals surface area contributed by atoms with Crippen LogP contribution in [0.25, 0.3) is 0 Å². The van der Waals surface area contributed by atoms with Gasteiger partial charge in [0.25, 0.3) is 0 Å². The van der Waals surface area contributed by atoms with Gasteiger partial charge in [-0.15, -0.1) is 0 Å². The third-order valence-corrected chi connectivity index (χ3v) is 2.21. The van der Waals surface area contributed by atoms with E-state index in [1.165, 1.54) is 0 Å². The molecular formula is C12H18F2N2O. The van der Waals surface area contributed by atoms with Gasteiger partial charge in [-0.05, 0) is 31.8 Å². The molecule has 0 radical (unpaired) electrons. The molecule has 0 aromatic heterocycles. The van der Waals surface area contributed by atoms with E-state index >= 15 is 0 Å². The zero-order chi connectivity index (χ0) is 12.7. The van der Waals surface area contributed by atoms with Crippen LogP contribution in [0, 0.1) is 0 Å². The van der Waals surface area contributed by atoms with E-state index < -0.39 is 6.61 Å². The number of nitrogens with zero attached hydrogens (tertiary/aromatic N) is 1. The summed E-state index contributed by atoms with van der Waals surface area (Å²) < 4.78 is 28.1. The van der Waals surface area contributed by atoms with Crippen LogP contribution in [0.1, 0.15) is 5.56 Å². The van der Waals surface area contributed by atoms with Crippen LogP contribution in [0.5, 0.6) is 5.75 Å². The molecule has 96 valence electrons. The third kappa shape index (κ3) is 6.19. The first-order valence-corrected chi connectivity index (χ1v) is 5.47. The van der Waals surface area contributed by atoms with Crippen molar-refractivity contribution in [1.29, 1.82) is 0 Å². The summed E-state index contributed by atoms with van der Waals surface area (Å²) in [4.78, 5) is 2.09. The molecular weight excluding hydrogens is 226 g/mol. The predicted octanol–water partition coefficient (Wildman–Crippen LogP) is 1.94. The Labute approximate surface area is 100 Å². The van der Waals surface area contributed by atoms with Crippen LogP contribution in [-0.4, -0.2) is 38.7 Å². The summed E-state index contributed by atoms with van der Waals surface area (Å²) in [5, 5.41) is 3.26. The average Bonchev–Trinajstić information content (AvgIpc) is 2.25. The maximum absolute atomic E-state index is 11.9. The Hall–Kier alpha value is -1.20. The van der Waals surface area contributed by atoms with Crippen LogP contribution in [0.3, 0.4) is 0 Å². The zero-order valence-electron chi connectivity index (χ0n) is 10.1. The van der Waals surface area contributed by atoms with E-state index in [0.29, 0.717) is 0 Å². The van der Waals surface area contributed by atoms with Gasteiger partial charge in [0.05, 0.1) is 0 Å². The molecule has 0 fully saturated rings. The summed E-state index contributed by atoms with van der Waals surface area (Å²) in [7, 11) is 4.02. The van der Waals surface area contributed by atoms with Crippen LogP contribution < -0.4 is 10.1 Å². The minimum absolute atomic E-state index is 0.192. The first kappa shape index (κ1) is 13.9.